The van der Waals surface area contributed by atoms with Crippen LogP contribution < -0.4 is 11.1 Å². The van der Waals surface area contributed by atoms with E-state index in [9.17, 15) is 4.79 Å². The summed E-state index contributed by atoms with van der Waals surface area (Å²) >= 11 is 5.18. The molecule has 3 N–H and O–H groups in total. The number of thioether (sulfide) groups is 1. The van der Waals surface area contributed by atoms with Gasteiger partial charge in [0, 0.05) is 27.1 Å². The molecule has 1 aromatic rings. The van der Waals surface area contributed by atoms with Crippen LogP contribution in [0.15, 0.2) is 33.6 Å². The monoisotopic (exact) mass is 380 g/mol. The number of nitrogens with two attached hydrogens (primary N) is 1. The lowest BCUT2D eigenvalue weighted by atomic mass is 10.2. The van der Waals surface area contributed by atoms with Crippen molar-refractivity contribution in [3.63, 3.8) is 0 Å². The summed E-state index contributed by atoms with van der Waals surface area (Å²) in [5, 5.41) is 2.96. The maximum Gasteiger partial charge on any atom is 0.220 e. The summed E-state index contributed by atoms with van der Waals surface area (Å²) in [6, 6.07) is 8.20. The van der Waals surface area contributed by atoms with Gasteiger partial charge in [-0.3, -0.25) is 4.79 Å². The third-order valence-electron chi connectivity index (χ3n) is 2.53. The van der Waals surface area contributed by atoms with E-state index in [1.807, 2.05) is 12.1 Å². The predicted molar refractivity (Wildman–Crippen MR) is 92.6 cm³/mol. The van der Waals surface area contributed by atoms with Crippen LogP contribution in [0.3, 0.4) is 0 Å². The summed E-state index contributed by atoms with van der Waals surface area (Å²) in [5.41, 5.74) is 5.39. The number of carbonyl (C=O) groups is 1. The van der Waals surface area contributed by atoms with Crippen molar-refractivity contribution in [3.8, 4) is 0 Å². The molecule has 0 unspecified atom stereocenters. The van der Waals surface area contributed by atoms with Crippen LogP contribution in [-0.2, 0) is 4.79 Å². The number of hydrogen-bond donors (Lipinski definition) is 2. The second kappa shape index (κ2) is 9.66. The van der Waals surface area contributed by atoms with Crippen LogP contribution in [0.2, 0.25) is 0 Å². The number of rotatable bonds is 7. The molecular weight excluding hydrogens is 360 g/mol. The smallest absolute Gasteiger partial charge is 0.220 e. The Morgan fingerprint density at radius 1 is 1.35 bits per heavy atom. The average molecular weight is 382 g/mol. The highest BCUT2D eigenvalue weighted by molar-refractivity contribution is 9.10. The summed E-state index contributed by atoms with van der Waals surface area (Å²) in [7, 11) is 0. The Hall–Kier alpha value is -0.230. The quantitative estimate of drug-likeness (QED) is 0.710. The topological polar surface area (TPSA) is 55.1 Å². The molecule has 0 fully saturated rings. The highest BCUT2D eigenvalue weighted by Crippen LogP contribution is 2.32. The molecule has 0 aliphatic rings. The van der Waals surface area contributed by atoms with Gasteiger partial charge in [0.05, 0.1) is 0 Å². The largest absolute Gasteiger partial charge is 0.355 e. The summed E-state index contributed by atoms with van der Waals surface area (Å²) in [6.45, 7) is 5.47. The van der Waals surface area contributed by atoms with Gasteiger partial charge in [-0.2, -0.15) is 0 Å². The lowest BCUT2D eigenvalue weighted by molar-refractivity contribution is -0.121. The van der Waals surface area contributed by atoms with Gasteiger partial charge in [-0.15, -0.1) is 24.2 Å². The molecule has 0 saturated carbocycles. The number of amides is 1. The molecule has 0 aliphatic heterocycles. The van der Waals surface area contributed by atoms with E-state index in [0.29, 0.717) is 19.5 Å². The Bertz CT molecular complexity index is 412. The van der Waals surface area contributed by atoms with Gasteiger partial charge in [0.1, 0.15) is 0 Å². The molecule has 0 radical (unpaired) electrons. The van der Waals surface area contributed by atoms with Gasteiger partial charge in [0.2, 0.25) is 5.91 Å². The normalized spacial score (nSPS) is 10.8. The Kier molecular flexibility index (Phi) is 9.55. The zero-order valence-electron chi connectivity index (χ0n) is 11.8. The molecule has 1 rings (SSSR count). The second-order valence-electron chi connectivity index (χ2n) is 4.98. The van der Waals surface area contributed by atoms with Crippen LogP contribution in [0.1, 0.15) is 26.7 Å². The molecule has 0 atom stereocenters. The number of halogens is 2. The molecule has 114 valence electrons. The van der Waals surface area contributed by atoms with Gasteiger partial charge in [-0.25, -0.2) is 0 Å². The van der Waals surface area contributed by atoms with E-state index in [4.69, 9.17) is 5.73 Å². The first-order valence-electron chi connectivity index (χ1n) is 6.34. The van der Waals surface area contributed by atoms with Crippen molar-refractivity contribution in [1.82, 2.24) is 5.32 Å². The van der Waals surface area contributed by atoms with Crippen molar-refractivity contribution < 1.29 is 4.79 Å². The average Bonchev–Trinajstić information content (AvgIpc) is 2.36. The number of benzene rings is 1. The molecule has 3 nitrogen and oxygen atoms in total. The summed E-state index contributed by atoms with van der Waals surface area (Å²) < 4.78 is 1.04. The summed E-state index contributed by atoms with van der Waals surface area (Å²) in [6.07, 6.45) is 1.25. The Morgan fingerprint density at radius 3 is 2.50 bits per heavy atom. The molecule has 1 aromatic carbocycles. The van der Waals surface area contributed by atoms with Gasteiger partial charge in [-0.05, 0) is 51.1 Å². The summed E-state index contributed by atoms with van der Waals surface area (Å²) in [4.78, 5) is 12.8. The third-order valence-corrected chi connectivity index (χ3v) is 4.26. The predicted octanol–water partition coefficient (Wildman–Crippen LogP) is 3.60. The summed E-state index contributed by atoms with van der Waals surface area (Å²) in [5.74, 6) is 0.0786. The third kappa shape index (κ3) is 8.15. The van der Waals surface area contributed by atoms with E-state index in [2.05, 4.69) is 47.2 Å². The minimum atomic E-state index is -0.0355. The van der Waals surface area contributed by atoms with Crippen LogP contribution >= 0.6 is 40.1 Å². The first kappa shape index (κ1) is 19.8. The highest BCUT2D eigenvalue weighted by atomic mass is 79.9. The standard InChI is InChI=1S/C14H21BrN2OS.ClH/c1-14(2,10-17-13(18)4-3-9-16)19-12-7-5-11(15)6-8-12;/h5-8H,3-4,9-10,16H2,1-2H3,(H,17,18);1H. The van der Waals surface area contributed by atoms with Gasteiger partial charge >= 0.3 is 0 Å². The van der Waals surface area contributed by atoms with Gasteiger partial charge < -0.3 is 11.1 Å². The molecular formula is C14H22BrClN2OS. The number of hydrogen-bond acceptors (Lipinski definition) is 3. The maximum atomic E-state index is 11.6. The van der Waals surface area contributed by atoms with Crippen molar-refractivity contribution >= 4 is 46.0 Å². The Balaban J connectivity index is 0.00000361. The number of carbonyl (C=O) groups excluding carboxylic acids is 1. The molecule has 0 aliphatic carbocycles. The van der Waals surface area contributed by atoms with E-state index in [1.165, 1.54) is 4.90 Å². The maximum absolute atomic E-state index is 11.6. The molecule has 20 heavy (non-hydrogen) atoms. The van der Waals surface area contributed by atoms with Gasteiger partial charge in [-0.1, -0.05) is 15.9 Å². The molecule has 1 amide bonds. The second-order valence-corrected chi connectivity index (χ2v) is 7.68. The minimum absolute atomic E-state index is 0. The van der Waals surface area contributed by atoms with E-state index in [0.717, 1.165) is 10.9 Å². The van der Waals surface area contributed by atoms with Crippen LogP contribution in [0, 0.1) is 0 Å². The fraction of sp³-hybridized carbons (Fsp3) is 0.500. The minimum Gasteiger partial charge on any atom is -0.355 e. The Labute approximate surface area is 140 Å². The highest BCUT2D eigenvalue weighted by Gasteiger charge is 2.20. The first-order chi connectivity index (χ1) is 8.93. The molecule has 0 spiro atoms. The van der Waals surface area contributed by atoms with Crippen molar-refractivity contribution in [1.29, 1.82) is 0 Å². The molecule has 0 bridgehead atoms. The van der Waals surface area contributed by atoms with E-state index >= 15 is 0 Å². The van der Waals surface area contributed by atoms with Crippen molar-refractivity contribution in [2.75, 3.05) is 13.1 Å². The van der Waals surface area contributed by atoms with Crippen molar-refractivity contribution in [3.05, 3.63) is 28.7 Å². The van der Waals surface area contributed by atoms with Gasteiger partial charge in [0.25, 0.3) is 0 Å². The Morgan fingerprint density at radius 2 is 1.95 bits per heavy atom. The fourth-order valence-electron chi connectivity index (χ4n) is 1.52. The van der Waals surface area contributed by atoms with Gasteiger partial charge in [0.15, 0.2) is 0 Å². The van der Waals surface area contributed by atoms with Crippen molar-refractivity contribution in [2.24, 2.45) is 5.73 Å². The fourth-order valence-corrected chi connectivity index (χ4v) is 2.84. The SMILES string of the molecule is CC(C)(CNC(=O)CCCN)Sc1ccc(Br)cc1.Cl. The zero-order valence-corrected chi connectivity index (χ0v) is 15.0. The van der Waals surface area contributed by atoms with Crippen LogP contribution in [0.4, 0.5) is 0 Å². The lowest BCUT2D eigenvalue weighted by Crippen LogP contribution is -2.36. The van der Waals surface area contributed by atoms with E-state index in [1.54, 1.807) is 11.8 Å². The first-order valence-corrected chi connectivity index (χ1v) is 7.95. The van der Waals surface area contributed by atoms with Crippen LogP contribution in [-0.4, -0.2) is 23.7 Å². The van der Waals surface area contributed by atoms with Crippen LogP contribution in [0.25, 0.3) is 0 Å². The molecule has 6 heteroatoms. The number of nitrogens with one attached hydrogen (secondary N) is 1. The van der Waals surface area contributed by atoms with E-state index in [-0.39, 0.29) is 23.1 Å². The lowest BCUT2D eigenvalue weighted by Gasteiger charge is -2.24. The van der Waals surface area contributed by atoms with E-state index < -0.39 is 0 Å². The molecule has 0 heterocycles. The van der Waals surface area contributed by atoms with Crippen LogP contribution in [0.5, 0.6) is 0 Å². The zero-order chi connectivity index (χ0) is 14.3. The molecule has 0 saturated heterocycles. The van der Waals surface area contributed by atoms with Crippen molar-refractivity contribution in [2.45, 2.75) is 36.3 Å². The molecule has 0 aromatic heterocycles.